The minimum absolute atomic E-state index is 0.0628. The van der Waals surface area contributed by atoms with E-state index >= 15 is 0 Å². The third-order valence-electron chi connectivity index (χ3n) is 1.61. The number of nitrogens with one attached hydrogen (secondary N) is 1. The molecule has 0 aliphatic carbocycles. The zero-order valence-corrected chi connectivity index (χ0v) is 9.76. The Hall–Kier alpha value is -1.18. The van der Waals surface area contributed by atoms with Crippen LogP contribution in [-0.4, -0.2) is 58.7 Å². The normalized spacial score (nSPS) is 9.29. The van der Waals surface area contributed by atoms with Crippen LogP contribution in [-0.2, 0) is 9.59 Å². The molecule has 0 amide bonds. The maximum atomic E-state index is 9.90. The lowest BCUT2D eigenvalue weighted by molar-refractivity contribution is -0.139. The summed E-state index contributed by atoms with van der Waals surface area (Å²) in [6.07, 6.45) is 1.02. The summed E-state index contributed by atoms with van der Waals surface area (Å²) >= 11 is 0. The Morgan fingerprint density at radius 1 is 0.824 bits per heavy atom. The fraction of sp³-hybridized carbons (Fsp3) is 0.800. The topological polar surface area (TPSA) is 127 Å². The maximum Gasteiger partial charge on any atom is 0.303 e. The van der Waals surface area contributed by atoms with E-state index in [-0.39, 0.29) is 26.1 Å². The van der Waals surface area contributed by atoms with Crippen LogP contribution >= 0.6 is 0 Å². The molecule has 0 aliphatic heterocycles. The zero-order chi connectivity index (χ0) is 13.5. The summed E-state index contributed by atoms with van der Waals surface area (Å²) in [5, 5.41) is 35.3. The Labute approximate surface area is 100 Å². The second-order valence-corrected chi connectivity index (χ2v) is 3.19. The monoisotopic (exact) mass is 251 g/mol. The molecule has 0 heterocycles. The van der Waals surface area contributed by atoms with Gasteiger partial charge in [-0.2, -0.15) is 0 Å². The molecule has 0 saturated carbocycles. The summed E-state index contributed by atoms with van der Waals surface area (Å²) in [4.78, 5) is 19.8. The Morgan fingerprint density at radius 3 is 1.41 bits per heavy atom. The molecule has 5 N–H and O–H groups in total. The highest BCUT2D eigenvalue weighted by Gasteiger charge is 1.99. The van der Waals surface area contributed by atoms with Gasteiger partial charge in [0.2, 0.25) is 0 Å². The van der Waals surface area contributed by atoms with Crippen molar-refractivity contribution in [3.05, 3.63) is 0 Å². The highest BCUT2D eigenvalue weighted by atomic mass is 16.4. The van der Waals surface area contributed by atoms with Gasteiger partial charge in [-0.05, 0) is 12.8 Å². The average molecular weight is 251 g/mol. The van der Waals surface area contributed by atoms with Crippen molar-refractivity contribution in [2.45, 2.75) is 25.7 Å². The molecule has 0 fully saturated rings. The molecule has 17 heavy (non-hydrogen) atoms. The van der Waals surface area contributed by atoms with Crippen LogP contribution in [0.5, 0.6) is 0 Å². The lowest BCUT2D eigenvalue weighted by Gasteiger charge is -1.94. The molecule has 0 saturated heterocycles. The van der Waals surface area contributed by atoms with Crippen molar-refractivity contribution < 1.29 is 30.0 Å². The molecule has 0 spiro atoms. The fourth-order valence-electron chi connectivity index (χ4n) is 0.836. The molecular weight excluding hydrogens is 230 g/mol. The van der Waals surface area contributed by atoms with Crippen LogP contribution in [0.1, 0.15) is 25.7 Å². The first-order valence-corrected chi connectivity index (χ1v) is 5.40. The van der Waals surface area contributed by atoms with Gasteiger partial charge < -0.3 is 25.7 Å². The lowest BCUT2D eigenvalue weighted by atomic mass is 10.2. The van der Waals surface area contributed by atoms with E-state index in [1.807, 2.05) is 0 Å². The molecule has 7 heteroatoms. The van der Waals surface area contributed by atoms with E-state index in [1.54, 1.807) is 0 Å². The number of carboxylic acid groups (broad SMARTS) is 2. The summed E-state index contributed by atoms with van der Waals surface area (Å²) in [6.45, 7) is 1.42. The predicted molar refractivity (Wildman–Crippen MR) is 60.8 cm³/mol. The van der Waals surface area contributed by atoms with Crippen LogP contribution in [0.3, 0.4) is 0 Å². The molecule has 0 atom stereocenters. The first-order valence-electron chi connectivity index (χ1n) is 5.40. The van der Waals surface area contributed by atoms with Crippen LogP contribution in [0.25, 0.3) is 0 Å². The van der Waals surface area contributed by atoms with E-state index in [1.165, 1.54) is 0 Å². The van der Waals surface area contributed by atoms with Crippen molar-refractivity contribution >= 4 is 11.9 Å². The molecule has 0 aromatic heterocycles. The van der Waals surface area contributed by atoms with Gasteiger partial charge in [-0.25, -0.2) is 0 Å². The second-order valence-electron chi connectivity index (χ2n) is 3.19. The number of hydrogen-bond donors (Lipinski definition) is 5. The van der Waals surface area contributed by atoms with Crippen LogP contribution in [0.4, 0.5) is 0 Å². The number of carbonyl (C=O) groups is 2. The quantitative estimate of drug-likeness (QED) is 0.342. The smallest absolute Gasteiger partial charge is 0.303 e. The molecule has 0 rings (SSSR count). The fourth-order valence-corrected chi connectivity index (χ4v) is 0.836. The highest BCUT2D eigenvalue weighted by Crippen LogP contribution is 1.98. The summed E-state index contributed by atoms with van der Waals surface area (Å²) in [7, 11) is 0. The van der Waals surface area contributed by atoms with Gasteiger partial charge in [0.1, 0.15) is 0 Å². The molecule has 7 nitrogen and oxygen atoms in total. The molecular formula is C10H21NO6. The van der Waals surface area contributed by atoms with Crippen LogP contribution in [0, 0.1) is 0 Å². The molecule has 0 aromatic carbocycles. The number of unbranched alkanes of at least 4 members (excludes halogenated alkanes) is 1. The second kappa shape index (κ2) is 14.8. The lowest BCUT2D eigenvalue weighted by Crippen LogP contribution is -2.21. The maximum absolute atomic E-state index is 9.90. The van der Waals surface area contributed by atoms with Gasteiger partial charge in [-0.15, -0.1) is 0 Å². The Kier molecular flexibility index (Phi) is 15.9. The molecule has 0 bridgehead atoms. The number of carboxylic acids is 2. The van der Waals surface area contributed by atoms with Gasteiger partial charge in [-0.3, -0.25) is 9.59 Å². The summed E-state index contributed by atoms with van der Waals surface area (Å²) in [5.74, 6) is -1.74. The van der Waals surface area contributed by atoms with E-state index < -0.39 is 11.9 Å². The standard InChI is InChI=1S/C6H10O4.C4H11NO2/c7-5(8)3-1-2-4-6(9)10;6-3-1-5-2-4-7/h1-4H2,(H,7,8)(H,9,10);5-7H,1-4H2. The van der Waals surface area contributed by atoms with E-state index in [4.69, 9.17) is 20.4 Å². The van der Waals surface area contributed by atoms with Gasteiger partial charge in [-0.1, -0.05) is 0 Å². The molecule has 0 radical (unpaired) electrons. The van der Waals surface area contributed by atoms with E-state index in [0.717, 1.165) is 0 Å². The SMILES string of the molecule is O=C(O)CCCCC(=O)O.OCCNCCO. The van der Waals surface area contributed by atoms with Gasteiger partial charge in [0, 0.05) is 25.9 Å². The van der Waals surface area contributed by atoms with Gasteiger partial charge in [0.05, 0.1) is 13.2 Å². The minimum Gasteiger partial charge on any atom is -0.481 e. The highest BCUT2D eigenvalue weighted by molar-refractivity contribution is 5.67. The van der Waals surface area contributed by atoms with Gasteiger partial charge in [0.25, 0.3) is 0 Å². The Morgan fingerprint density at radius 2 is 1.18 bits per heavy atom. The third-order valence-corrected chi connectivity index (χ3v) is 1.61. The largest absolute Gasteiger partial charge is 0.481 e. The van der Waals surface area contributed by atoms with E-state index in [0.29, 0.717) is 25.9 Å². The summed E-state index contributed by atoms with van der Waals surface area (Å²) in [6, 6.07) is 0. The third kappa shape index (κ3) is 25.3. The first-order chi connectivity index (χ1) is 8.04. The van der Waals surface area contributed by atoms with Crippen LogP contribution in [0.2, 0.25) is 0 Å². The molecule has 102 valence electrons. The molecule has 0 aromatic rings. The number of aliphatic hydroxyl groups is 2. The number of rotatable bonds is 9. The van der Waals surface area contributed by atoms with Crippen molar-refractivity contribution in [3.63, 3.8) is 0 Å². The number of aliphatic carboxylic acids is 2. The first kappa shape index (κ1) is 18.2. The Balaban J connectivity index is 0. The summed E-state index contributed by atoms with van der Waals surface area (Å²) in [5.41, 5.74) is 0. The predicted octanol–water partition coefficient (Wildman–Crippen LogP) is -0.723. The van der Waals surface area contributed by atoms with Crippen molar-refractivity contribution in [1.29, 1.82) is 0 Å². The van der Waals surface area contributed by atoms with Crippen LogP contribution in [0.15, 0.2) is 0 Å². The van der Waals surface area contributed by atoms with Crippen molar-refractivity contribution in [2.75, 3.05) is 26.3 Å². The van der Waals surface area contributed by atoms with E-state index in [2.05, 4.69) is 5.32 Å². The average Bonchev–Trinajstić information content (AvgIpc) is 2.26. The van der Waals surface area contributed by atoms with Gasteiger partial charge in [0.15, 0.2) is 0 Å². The van der Waals surface area contributed by atoms with Crippen molar-refractivity contribution in [1.82, 2.24) is 5.32 Å². The van der Waals surface area contributed by atoms with Crippen LogP contribution < -0.4 is 5.32 Å². The summed E-state index contributed by atoms with van der Waals surface area (Å²) < 4.78 is 0. The molecule has 0 aliphatic rings. The number of aliphatic hydroxyl groups excluding tert-OH is 2. The van der Waals surface area contributed by atoms with Gasteiger partial charge >= 0.3 is 11.9 Å². The minimum atomic E-state index is -0.870. The van der Waals surface area contributed by atoms with Crippen molar-refractivity contribution in [3.8, 4) is 0 Å². The molecule has 0 unspecified atom stereocenters. The Bertz CT molecular complexity index is 177. The zero-order valence-electron chi connectivity index (χ0n) is 9.76. The van der Waals surface area contributed by atoms with E-state index in [9.17, 15) is 9.59 Å². The number of hydrogen-bond acceptors (Lipinski definition) is 5. The van der Waals surface area contributed by atoms with Crippen molar-refractivity contribution in [2.24, 2.45) is 0 Å².